The molecule has 1 saturated carbocycles. The molecule has 1 spiro atoms. The number of urea groups is 1. The fourth-order valence-corrected chi connectivity index (χ4v) is 6.53. The highest BCUT2D eigenvalue weighted by Crippen LogP contribution is 2.46. The zero-order chi connectivity index (χ0) is 29.4. The summed E-state index contributed by atoms with van der Waals surface area (Å²) in [5, 5.41) is 18.9. The first-order chi connectivity index (χ1) is 19.5. The fraction of sp³-hybridized carbons (Fsp3) is 0.645. The van der Waals surface area contributed by atoms with Crippen LogP contribution < -0.4 is 16.0 Å². The number of hydrogen-bond donors (Lipinski definition) is 3. The zero-order valence-electron chi connectivity index (χ0n) is 24.4. The minimum atomic E-state index is -1.00. The first kappa shape index (κ1) is 28.9. The van der Waals surface area contributed by atoms with Crippen molar-refractivity contribution in [3.05, 3.63) is 29.8 Å². The number of rotatable bonds is 7. The van der Waals surface area contributed by atoms with Crippen LogP contribution in [0.1, 0.15) is 77.7 Å². The van der Waals surface area contributed by atoms with Crippen LogP contribution in [0.3, 0.4) is 0 Å². The molecule has 220 valence electrons. The van der Waals surface area contributed by atoms with Gasteiger partial charge in [-0.1, -0.05) is 51.8 Å². The zero-order valence-corrected chi connectivity index (χ0v) is 24.4. The summed E-state index contributed by atoms with van der Waals surface area (Å²) in [5.74, 6) is -0.584. The van der Waals surface area contributed by atoms with E-state index < -0.39 is 23.5 Å². The summed E-state index contributed by atoms with van der Waals surface area (Å²) in [6.07, 6.45) is 6.13. The minimum absolute atomic E-state index is 0.0701. The van der Waals surface area contributed by atoms with Crippen LogP contribution in [0.5, 0.6) is 0 Å². The van der Waals surface area contributed by atoms with Crippen LogP contribution in [0.25, 0.3) is 0 Å². The van der Waals surface area contributed by atoms with Crippen LogP contribution in [-0.2, 0) is 19.8 Å². The maximum atomic E-state index is 14.1. The van der Waals surface area contributed by atoms with Crippen molar-refractivity contribution >= 4 is 29.4 Å². The molecule has 10 heteroatoms. The van der Waals surface area contributed by atoms with Crippen LogP contribution in [0.15, 0.2) is 24.3 Å². The van der Waals surface area contributed by atoms with Gasteiger partial charge in [-0.15, -0.1) is 0 Å². The van der Waals surface area contributed by atoms with Gasteiger partial charge < -0.3 is 25.8 Å². The Morgan fingerprint density at radius 3 is 2.46 bits per heavy atom. The van der Waals surface area contributed by atoms with E-state index in [1.54, 1.807) is 4.90 Å². The first-order valence-electron chi connectivity index (χ1n) is 15.0. The van der Waals surface area contributed by atoms with Crippen molar-refractivity contribution in [1.82, 2.24) is 20.4 Å². The predicted octanol–water partition coefficient (Wildman–Crippen LogP) is 3.29. The molecule has 3 aliphatic heterocycles. The smallest absolute Gasteiger partial charge is 0.318 e. The lowest BCUT2D eigenvalue weighted by molar-refractivity contribution is -0.138. The van der Waals surface area contributed by atoms with Gasteiger partial charge in [0.05, 0.1) is 11.5 Å². The topological polar surface area (TPSA) is 135 Å². The van der Waals surface area contributed by atoms with Gasteiger partial charge in [0.2, 0.25) is 17.7 Å². The van der Waals surface area contributed by atoms with E-state index in [-0.39, 0.29) is 42.1 Å². The molecule has 10 nitrogen and oxygen atoms in total. The summed E-state index contributed by atoms with van der Waals surface area (Å²) in [7, 11) is 0. The van der Waals surface area contributed by atoms with E-state index in [9.17, 15) is 24.4 Å². The molecule has 5 rings (SSSR count). The summed E-state index contributed by atoms with van der Waals surface area (Å²) in [4.78, 5) is 57.3. The van der Waals surface area contributed by atoms with Gasteiger partial charge in [-0.3, -0.25) is 14.4 Å². The number of fused-ring (bicyclic) bond motifs is 2. The van der Waals surface area contributed by atoms with Gasteiger partial charge >= 0.3 is 6.03 Å². The molecule has 3 N–H and O–H groups in total. The van der Waals surface area contributed by atoms with Crippen molar-refractivity contribution in [2.24, 2.45) is 11.3 Å². The van der Waals surface area contributed by atoms with E-state index >= 15 is 0 Å². The molecule has 0 aromatic heterocycles. The van der Waals surface area contributed by atoms with E-state index in [0.717, 1.165) is 37.7 Å². The molecule has 41 heavy (non-hydrogen) atoms. The Labute approximate surface area is 242 Å². The Morgan fingerprint density at radius 2 is 1.80 bits per heavy atom. The fourth-order valence-electron chi connectivity index (χ4n) is 6.53. The Morgan fingerprint density at radius 1 is 1.10 bits per heavy atom. The van der Waals surface area contributed by atoms with Crippen molar-refractivity contribution in [3.8, 4) is 6.07 Å². The number of amides is 5. The Bertz CT molecular complexity index is 1240. The van der Waals surface area contributed by atoms with E-state index in [2.05, 4.69) is 22.0 Å². The third-order valence-corrected chi connectivity index (χ3v) is 8.87. The quantitative estimate of drug-likeness (QED) is 0.469. The summed E-state index contributed by atoms with van der Waals surface area (Å²) < 4.78 is 0. The molecule has 1 aromatic carbocycles. The van der Waals surface area contributed by atoms with Crippen molar-refractivity contribution < 1.29 is 19.2 Å². The largest absolute Gasteiger partial charge is 0.342 e. The summed E-state index contributed by atoms with van der Waals surface area (Å²) in [6.45, 7) is 7.41. The maximum absolute atomic E-state index is 14.1. The molecule has 5 amide bonds. The normalized spacial score (nSPS) is 25.2. The number of carbonyl (C=O) groups excluding carboxylic acids is 4. The second-order valence-electron chi connectivity index (χ2n) is 13.5. The van der Waals surface area contributed by atoms with E-state index in [1.807, 2.05) is 45.0 Å². The molecule has 3 heterocycles. The molecule has 4 atom stereocenters. The van der Waals surface area contributed by atoms with Gasteiger partial charge in [-0.2, -0.15) is 5.26 Å². The maximum Gasteiger partial charge on any atom is 0.318 e. The van der Waals surface area contributed by atoms with Gasteiger partial charge in [-0.05, 0) is 55.1 Å². The van der Waals surface area contributed by atoms with Crippen molar-refractivity contribution in [3.63, 3.8) is 0 Å². The molecule has 0 unspecified atom stereocenters. The SMILES string of the molecule is CC(C)(C)C[C@H](NC(=O)[C@H](CC1CC1)NC(=O)N1CCCCC1)C(=O)N1C[C@]2(C[C@H]1C#N)C(=O)Nc1ccccc12. The lowest BCUT2D eigenvalue weighted by Crippen LogP contribution is -2.57. The molecule has 4 aliphatic rings. The molecule has 3 fully saturated rings. The van der Waals surface area contributed by atoms with Gasteiger partial charge in [-0.25, -0.2) is 4.79 Å². The monoisotopic (exact) mass is 562 g/mol. The Kier molecular flexibility index (Phi) is 8.00. The van der Waals surface area contributed by atoms with Crippen molar-refractivity contribution in [2.75, 3.05) is 25.0 Å². The average Bonchev–Trinajstić information content (AvgIpc) is 3.61. The van der Waals surface area contributed by atoms with Gasteiger partial charge in [0.15, 0.2) is 0 Å². The standard InChI is InChI=1S/C31H42N6O4/c1-30(2,3)17-25(33-26(38)24(15-20-11-12-20)35-29(41)36-13-7-4-8-14-36)27(39)37-19-31(16-21(37)18-32)22-9-5-6-10-23(22)34-28(31)40/h5-6,9-10,20-21,24-25H,4,7-8,11-17,19H2,1-3H3,(H,33,38)(H,34,40)(H,35,41)/t21-,24-,25-,31-/m0/s1. The number of anilines is 1. The highest BCUT2D eigenvalue weighted by atomic mass is 16.2. The number of piperidine rings is 1. The summed E-state index contributed by atoms with van der Waals surface area (Å²) >= 11 is 0. The van der Waals surface area contributed by atoms with Crippen LogP contribution in [0.2, 0.25) is 0 Å². The van der Waals surface area contributed by atoms with Crippen LogP contribution in [0, 0.1) is 22.7 Å². The third kappa shape index (κ3) is 6.19. The molecular weight excluding hydrogens is 520 g/mol. The van der Waals surface area contributed by atoms with Gasteiger partial charge in [0.1, 0.15) is 18.1 Å². The lowest BCUT2D eigenvalue weighted by Gasteiger charge is -2.33. The highest BCUT2D eigenvalue weighted by molar-refractivity contribution is 6.07. The number of benzene rings is 1. The number of carbonyl (C=O) groups is 4. The van der Waals surface area contributed by atoms with Gasteiger partial charge in [0.25, 0.3) is 0 Å². The van der Waals surface area contributed by atoms with Crippen LogP contribution >= 0.6 is 0 Å². The van der Waals surface area contributed by atoms with E-state index in [4.69, 9.17) is 0 Å². The second-order valence-corrected chi connectivity index (χ2v) is 13.5. The lowest BCUT2D eigenvalue weighted by atomic mass is 9.80. The number of nitrogens with one attached hydrogen (secondary N) is 3. The first-order valence-corrected chi connectivity index (χ1v) is 15.0. The molecule has 1 aromatic rings. The molecular formula is C31H42N6O4. The third-order valence-electron chi connectivity index (χ3n) is 8.87. The molecule has 0 radical (unpaired) electrons. The average molecular weight is 563 g/mol. The summed E-state index contributed by atoms with van der Waals surface area (Å²) in [5.41, 5.74) is 0.185. The number of nitrogens with zero attached hydrogens (tertiary/aromatic N) is 3. The molecule has 1 aliphatic carbocycles. The van der Waals surface area contributed by atoms with Crippen molar-refractivity contribution in [2.45, 2.75) is 95.7 Å². The van der Waals surface area contributed by atoms with Crippen LogP contribution in [-0.4, -0.2) is 71.3 Å². The van der Waals surface area contributed by atoms with Crippen molar-refractivity contribution in [1.29, 1.82) is 5.26 Å². The number of nitriles is 1. The van der Waals surface area contributed by atoms with E-state index in [1.165, 1.54) is 4.90 Å². The summed E-state index contributed by atoms with van der Waals surface area (Å²) in [6, 6.07) is 6.95. The number of likely N-dealkylation sites (tertiary alicyclic amines) is 2. The Balaban J connectivity index is 1.35. The highest BCUT2D eigenvalue weighted by Gasteiger charge is 2.56. The minimum Gasteiger partial charge on any atom is -0.342 e. The second kappa shape index (κ2) is 11.3. The molecule has 0 bridgehead atoms. The predicted molar refractivity (Wildman–Crippen MR) is 154 cm³/mol. The number of para-hydroxylation sites is 1. The van der Waals surface area contributed by atoms with E-state index in [0.29, 0.717) is 37.5 Å². The molecule has 2 saturated heterocycles. The van der Waals surface area contributed by atoms with Gasteiger partial charge in [0, 0.05) is 31.7 Å². The van der Waals surface area contributed by atoms with Crippen LogP contribution in [0.4, 0.5) is 10.5 Å². The number of hydrogen-bond acceptors (Lipinski definition) is 5. The Hall–Kier alpha value is -3.61.